The number of anilines is 1. The maximum atomic E-state index is 12.6. The van der Waals surface area contributed by atoms with Crippen molar-refractivity contribution in [2.75, 3.05) is 11.9 Å². The standard InChI is InChI=1S/C20H22Cl2N2O4S/c21-14-5-4-8-16(11-14)23-20(25)13-28-19-10-9-17(12-18(19)22)29(26,27)24-15-6-2-1-3-7-15/h4-5,8-12,15,24H,1-3,6-7,13H2,(H,23,25). The molecule has 1 amide bonds. The molecule has 2 N–H and O–H groups in total. The van der Waals surface area contributed by atoms with E-state index < -0.39 is 10.0 Å². The van der Waals surface area contributed by atoms with Gasteiger partial charge in [-0.1, -0.05) is 48.5 Å². The highest BCUT2D eigenvalue weighted by Gasteiger charge is 2.22. The average Bonchev–Trinajstić information content (AvgIpc) is 2.67. The van der Waals surface area contributed by atoms with E-state index in [0.717, 1.165) is 32.1 Å². The number of carbonyl (C=O) groups excluding carboxylic acids is 1. The van der Waals surface area contributed by atoms with E-state index in [1.807, 2.05) is 0 Å². The fourth-order valence-corrected chi connectivity index (χ4v) is 5.00. The van der Waals surface area contributed by atoms with Gasteiger partial charge in [-0.25, -0.2) is 13.1 Å². The molecule has 1 aliphatic rings. The quantitative estimate of drug-likeness (QED) is 0.636. The minimum absolute atomic E-state index is 0.0429. The summed E-state index contributed by atoms with van der Waals surface area (Å²) in [5, 5.41) is 3.28. The molecule has 29 heavy (non-hydrogen) atoms. The van der Waals surface area contributed by atoms with Gasteiger partial charge in [0.1, 0.15) is 5.75 Å². The van der Waals surface area contributed by atoms with Crippen LogP contribution in [0.1, 0.15) is 32.1 Å². The van der Waals surface area contributed by atoms with Gasteiger partial charge in [0.25, 0.3) is 5.91 Å². The molecule has 1 saturated carbocycles. The molecule has 156 valence electrons. The number of benzene rings is 2. The largest absolute Gasteiger partial charge is 0.482 e. The highest BCUT2D eigenvalue weighted by Crippen LogP contribution is 2.28. The van der Waals surface area contributed by atoms with E-state index in [1.54, 1.807) is 24.3 Å². The van der Waals surface area contributed by atoms with Crippen molar-refractivity contribution in [3.05, 3.63) is 52.5 Å². The fraction of sp³-hybridized carbons (Fsp3) is 0.350. The van der Waals surface area contributed by atoms with Gasteiger partial charge in [-0.2, -0.15) is 0 Å². The third-order valence-electron chi connectivity index (χ3n) is 4.61. The van der Waals surface area contributed by atoms with E-state index >= 15 is 0 Å². The predicted molar refractivity (Wildman–Crippen MR) is 114 cm³/mol. The molecule has 0 radical (unpaired) electrons. The fourth-order valence-electron chi connectivity index (χ4n) is 3.18. The van der Waals surface area contributed by atoms with Crippen molar-refractivity contribution in [3.63, 3.8) is 0 Å². The molecule has 0 aliphatic heterocycles. The molecule has 0 unspecified atom stereocenters. The molecule has 0 saturated heterocycles. The molecule has 0 aromatic heterocycles. The van der Waals surface area contributed by atoms with Crippen molar-refractivity contribution in [1.82, 2.24) is 4.72 Å². The third-order valence-corrected chi connectivity index (χ3v) is 6.66. The Hall–Kier alpha value is -1.80. The Morgan fingerprint density at radius 3 is 2.52 bits per heavy atom. The lowest BCUT2D eigenvalue weighted by Crippen LogP contribution is -2.36. The molecule has 3 rings (SSSR count). The van der Waals surface area contributed by atoms with Crippen molar-refractivity contribution in [2.24, 2.45) is 0 Å². The number of ether oxygens (including phenoxy) is 1. The van der Waals surface area contributed by atoms with Crippen LogP contribution in [0.25, 0.3) is 0 Å². The monoisotopic (exact) mass is 456 g/mol. The summed E-state index contributed by atoms with van der Waals surface area (Å²) in [5.41, 5.74) is 0.549. The summed E-state index contributed by atoms with van der Waals surface area (Å²) in [4.78, 5) is 12.1. The van der Waals surface area contributed by atoms with Crippen LogP contribution >= 0.6 is 23.2 Å². The van der Waals surface area contributed by atoms with E-state index in [2.05, 4.69) is 10.0 Å². The zero-order valence-electron chi connectivity index (χ0n) is 15.7. The van der Waals surface area contributed by atoms with E-state index in [1.165, 1.54) is 18.2 Å². The molecular formula is C20H22Cl2N2O4S. The molecule has 9 heteroatoms. The van der Waals surface area contributed by atoms with Gasteiger partial charge in [-0.15, -0.1) is 0 Å². The summed E-state index contributed by atoms with van der Waals surface area (Å²) in [7, 11) is -3.66. The maximum absolute atomic E-state index is 12.6. The van der Waals surface area contributed by atoms with Gasteiger partial charge in [0.05, 0.1) is 9.92 Å². The second kappa shape index (κ2) is 9.80. The molecule has 0 heterocycles. The Kier molecular flexibility index (Phi) is 7.40. The molecule has 0 spiro atoms. The summed E-state index contributed by atoms with van der Waals surface area (Å²) in [6.45, 7) is -0.279. The van der Waals surface area contributed by atoms with Gasteiger partial charge in [0, 0.05) is 16.8 Å². The first kappa shape index (κ1) is 21.9. The Bertz CT molecular complexity index is 976. The van der Waals surface area contributed by atoms with Crippen molar-refractivity contribution in [3.8, 4) is 5.75 Å². The molecular weight excluding hydrogens is 435 g/mol. The van der Waals surface area contributed by atoms with Crippen LogP contribution in [-0.4, -0.2) is 27.0 Å². The SMILES string of the molecule is O=C(COc1ccc(S(=O)(=O)NC2CCCCC2)cc1Cl)Nc1cccc(Cl)c1. The highest BCUT2D eigenvalue weighted by molar-refractivity contribution is 7.89. The van der Waals surface area contributed by atoms with E-state index in [4.69, 9.17) is 27.9 Å². The summed E-state index contributed by atoms with van der Waals surface area (Å²) < 4.78 is 33.3. The average molecular weight is 457 g/mol. The lowest BCUT2D eigenvalue weighted by atomic mass is 9.96. The van der Waals surface area contributed by atoms with Crippen LogP contribution in [0.3, 0.4) is 0 Å². The first-order chi connectivity index (χ1) is 13.8. The number of nitrogens with one attached hydrogen (secondary N) is 2. The van der Waals surface area contributed by atoms with Crippen molar-refractivity contribution in [1.29, 1.82) is 0 Å². The van der Waals surface area contributed by atoms with E-state index in [-0.39, 0.29) is 34.2 Å². The lowest BCUT2D eigenvalue weighted by molar-refractivity contribution is -0.118. The Morgan fingerprint density at radius 2 is 1.83 bits per heavy atom. The van der Waals surface area contributed by atoms with Crippen LogP contribution in [0.2, 0.25) is 10.0 Å². The number of hydrogen-bond donors (Lipinski definition) is 2. The third kappa shape index (κ3) is 6.34. The molecule has 0 atom stereocenters. The second-order valence-electron chi connectivity index (χ2n) is 6.90. The molecule has 2 aromatic carbocycles. The Labute approximate surface area is 180 Å². The first-order valence-corrected chi connectivity index (χ1v) is 11.6. The number of carbonyl (C=O) groups is 1. The molecule has 1 fully saturated rings. The van der Waals surface area contributed by atoms with Crippen LogP contribution in [-0.2, 0) is 14.8 Å². The topological polar surface area (TPSA) is 84.5 Å². The van der Waals surface area contributed by atoms with E-state index in [9.17, 15) is 13.2 Å². The summed E-state index contributed by atoms with van der Waals surface area (Å²) in [6.07, 6.45) is 4.88. The van der Waals surface area contributed by atoms with Gasteiger partial charge < -0.3 is 10.1 Å². The normalized spacial score (nSPS) is 15.1. The molecule has 2 aromatic rings. The van der Waals surface area contributed by atoms with Crippen molar-refractivity contribution < 1.29 is 17.9 Å². The molecule has 0 bridgehead atoms. The van der Waals surface area contributed by atoms with Gasteiger partial charge >= 0.3 is 0 Å². The molecule has 6 nitrogen and oxygen atoms in total. The number of rotatable bonds is 7. The predicted octanol–water partition coefficient (Wildman–Crippen LogP) is 4.62. The van der Waals surface area contributed by atoms with Crippen LogP contribution in [0, 0.1) is 0 Å². The zero-order valence-corrected chi connectivity index (χ0v) is 18.0. The van der Waals surface area contributed by atoms with E-state index in [0.29, 0.717) is 10.7 Å². The zero-order chi connectivity index (χ0) is 20.9. The van der Waals surface area contributed by atoms with Crippen LogP contribution in [0.4, 0.5) is 5.69 Å². The first-order valence-electron chi connectivity index (χ1n) is 9.33. The van der Waals surface area contributed by atoms with Crippen LogP contribution < -0.4 is 14.8 Å². The number of hydrogen-bond acceptors (Lipinski definition) is 4. The second-order valence-corrected chi connectivity index (χ2v) is 9.45. The molecule has 1 aliphatic carbocycles. The van der Waals surface area contributed by atoms with Crippen LogP contribution in [0.5, 0.6) is 5.75 Å². The smallest absolute Gasteiger partial charge is 0.262 e. The number of amides is 1. The van der Waals surface area contributed by atoms with Crippen molar-refractivity contribution >= 4 is 44.8 Å². The van der Waals surface area contributed by atoms with Crippen molar-refractivity contribution in [2.45, 2.75) is 43.0 Å². The number of sulfonamides is 1. The minimum Gasteiger partial charge on any atom is -0.482 e. The Morgan fingerprint density at radius 1 is 1.07 bits per heavy atom. The van der Waals surface area contributed by atoms with Gasteiger partial charge in [0.2, 0.25) is 10.0 Å². The minimum atomic E-state index is -3.66. The summed E-state index contributed by atoms with van der Waals surface area (Å²) >= 11 is 12.1. The lowest BCUT2D eigenvalue weighted by Gasteiger charge is -2.22. The highest BCUT2D eigenvalue weighted by atomic mass is 35.5. The maximum Gasteiger partial charge on any atom is 0.262 e. The summed E-state index contributed by atoms with van der Waals surface area (Å²) in [5.74, 6) is -0.163. The van der Waals surface area contributed by atoms with Crippen LogP contribution in [0.15, 0.2) is 47.4 Å². The summed E-state index contributed by atoms with van der Waals surface area (Å²) in [6, 6.07) is 10.9. The number of halogens is 2. The van der Waals surface area contributed by atoms with Gasteiger partial charge in [-0.3, -0.25) is 4.79 Å². The van der Waals surface area contributed by atoms with Gasteiger partial charge in [0.15, 0.2) is 6.61 Å². The Balaban J connectivity index is 1.59. The van der Waals surface area contributed by atoms with Gasteiger partial charge in [-0.05, 0) is 49.2 Å².